The van der Waals surface area contributed by atoms with Crippen molar-refractivity contribution in [1.29, 1.82) is 0 Å². The van der Waals surface area contributed by atoms with E-state index in [1.807, 2.05) is 18.2 Å². The minimum Gasteiger partial charge on any atom is -0.496 e. The van der Waals surface area contributed by atoms with Crippen molar-refractivity contribution in [3.63, 3.8) is 0 Å². The lowest BCUT2D eigenvalue weighted by atomic mass is 10.1. The molecule has 1 rings (SSSR count). The van der Waals surface area contributed by atoms with E-state index in [4.69, 9.17) is 4.74 Å². The SMILES string of the molecule is CCNC(=NCCN(C)C(C)CC)NCCc1ccccc1OC.I. The van der Waals surface area contributed by atoms with Crippen LogP contribution in [-0.4, -0.2) is 57.2 Å². The standard InChI is InChI=1S/C19H34N4O.HI/c1-6-16(3)23(4)15-14-22-19(20-7-2)21-13-12-17-10-8-9-11-18(17)24-5;/h8-11,16H,6-7,12-15H2,1-5H3,(H2,20,21,22);1H. The fourth-order valence-electron chi connectivity index (χ4n) is 2.42. The third-order valence-corrected chi connectivity index (χ3v) is 4.29. The minimum atomic E-state index is 0. The van der Waals surface area contributed by atoms with Crippen LogP contribution >= 0.6 is 24.0 Å². The number of nitrogens with one attached hydrogen (secondary N) is 2. The number of aliphatic imine (C=N–C) groups is 1. The van der Waals surface area contributed by atoms with Gasteiger partial charge in [0.2, 0.25) is 0 Å². The van der Waals surface area contributed by atoms with Crippen molar-refractivity contribution in [3.8, 4) is 5.75 Å². The van der Waals surface area contributed by atoms with Gasteiger partial charge in [-0.25, -0.2) is 0 Å². The Bertz CT molecular complexity index is 496. The number of benzene rings is 1. The van der Waals surface area contributed by atoms with Gasteiger partial charge in [-0.2, -0.15) is 0 Å². The van der Waals surface area contributed by atoms with Crippen LogP contribution in [0.4, 0.5) is 0 Å². The van der Waals surface area contributed by atoms with Crippen molar-refractivity contribution in [1.82, 2.24) is 15.5 Å². The van der Waals surface area contributed by atoms with Crippen LogP contribution in [0.3, 0.4) is 0 Å². The number of rotatable bonds is 10. The third kappa shape index (κ3) is 9.30. The quantitative estimate of drug-likeness (QED) is 0.319. The van der Waals surface area contributed by atoms with Gasteiger partial charge in [-0.3, -0.25) is 4.99 Å². The number of halogens is 1. The van der Waals surface area contributed by atoms with Gasteiger partial charge in [0.05, 0.1) is 13.7 Å². The molecular formula is C19H35IN4O. The second kappa shape index (κ2) is 14.2. The van der Waals surface area contributed by atoms with Crippen LogP contribution in [-0.2, 0) is 6.42 Å². The molecule has 0 saturated heterocycles. The van der Waals surface area contributed by atoms with Crippen LogP contribution in [0.1, 0.15) is 32.8 Å². The van der Waals surface area contributed by atoms with Gasteiger partial charge in [0, 0.05) is 25.7 Å². The molecule has 0 spiro atoms. The zero-order valence-corrected chi connectivity index (χ0v) is 18.7. The summed E-state index contributed by atoms with van der Waals surface area (Å²) in [4.78, 5) is 7.01. The van der Waals surface area contributed by atoms with E-state index in [9.17, 15) is 0 Å². The molecule has 25 heavy (non-hydrogen) atoms. The van der Waals surface area contributed by atoms with Crippen LogP contribution in [0.25, 0.3) is 0 Å². The Hall–Kier alpha value is -1.02. The smallest absolute Gasteiger partial charge is 0.191 e. The lowest BCUT2D eigenvalue weighted by Crippen LogP contribution is -2.39. The predicted octanol–water partition coefficient (Wildman–Crippen LogP) is 3.14. The molecule has 0 fully saturated rings. The fourth-order valence-corrected chi connectivity index (χ4v) is 2.42. The first-order chi connectivity index (χ1) is 11.6. The van der Waals surface area contributed by atoms with Gasteiger partial charge in [0.25, 0.3) is 0 Å². The number of guanidine groups is 1. The number of hydrogen-bond acceptors (Lipinski definition) is 3. The highest BCUT2D eigenvalue weighted by atomic mass is 127. The van der Waals surface area contributed by atoms with E-state index in [2.05, 4.69) is 54.4 Å². The Kier molecular flexibility index (Phi) is 13.6. The van der Waals surface area contributed by atoms with E-state index in [0.29, 0.717) is 6.04 Å². The zero-order chi connectivity index (χ0) is 17.8. The number of methoxy groups -OCH3 is 1. The van der Waals surface area contributed by atoms with Crippen LogP contribution in [0.5, 0.6) is 5.75 Å². The summed E-state index contributed by atoms with van der Waals surface area (Å²) >= 11 is 0. The minimum absolute atomic E-state index is 0. The highest BCUT2D eigenvalue weighted by Gasteiger charge is 2.06. The van der Waals surface area contributed by atoms with Crippen molar-refractivity contribution in [2.24, 2.45) is 4.99 Å². The highest BCUT2D eigenvalue weighted by molar-refractivity contribution is 14.0. The summed E-state index contributed by atoms with van der Waals surface area (Å²) in [6.07, 6.45) is 2.07. The van der Waals surface area contributed by atoms with E-state index >= 15 is 0 Å². The maximum absolute atomic E-state index is 5.40. The summed E-state index contributed by atoms with van der Waals surface area (Å²) < 4.78 is 5.40. The molecule has 0 saturated carbocycles. The maximum Gasteiger partial charge on any atom is 0.191 e. The third-order valence-electron chi connectivity index (χ3n) is 4.29. The number of para-hydroxylation sites is 1. The molecule has 1 atom stereocenters. The van der Waals surface area contributed by atoms with Gasteiger partial charge in [0.15, 0.2) is 5.96 Å². The molecule has 0 aliphatic carbocycles. The molecule has 0 aliphatic rings. The Morgan fingerprint density at radius 2 is 1.96 bits per heavy atom. The number of hydrogen-bond donors (Lipinski definition) is 2. The Balaban J connectivity index is 0.00000576. The van der Waals surface area contributed by atoms with Gasteiger partial charge in [0.1, 0.15) is 5.75 Å². The summed E-state index contributed by atoms with van der Waals surface area (Å²) in [6, 6.07) is 8.74. The van der Waals surface area contributed by atoms with Crippen molar-refractivity contribution in [2.75, 3.05) is 40.3 Å². The van der Waals surface area contributed by atoms with Crippen LogP contribution < -0.4 is 15.4 Å². The molecule has 0 heterocycles. The summed E-state index contributed by atoms with van der Waals surface area (Å²) in [6.45, 7) is 10.0. The number of likely N-dealkylation sites (N-methyl/N-ethyl adjacent to an activating group) is 1. The molecule has 0 bridgehead atoms. The van der Waals surface area contributed by atoms with E-state index in [-0.39, 0.29) is 24.0 Å². The van der Waals surface area contributed by atoms with Gasteiger partial charge >= 0.3 is 0 Å². The summed E-state index contributed by atoms with van der Waals surface area (Å²) in [5, 5.41) is 6.71. The first-order valence-corrected chi connectivity index (χ1v) is 8.96. The van der Waals surface area contributed by atoms with Gasteiger partial charge < -0.3 is 20.3 Å². The molecule has 5 nitrogen and oxygen atoms in total. The Morgan fingerprint density at radius 3 is 2.60 bits per heavy atom. The van der Waals surface area contributed by atoms with Gasteiger partial charge in [-0.05, 0) is 45.4 Å². The molecule has 2 N–H and O–H groups in total. The van der Waals surface area contributed by atoms with E-state index in [1.165, 1.54) is 5.56 Å². The summed E-state index contributed by atoms with van der Waals surface area (Å²) in [5.74, 6) is 1.82. The largest absolute Gasteiger partial charge is 0.496 e. The molecule has 1 unspecified atom stereocenters. The highest BCUT2D eigenvalue weighted by Crippen LogP contribution is 2.17. The number of nitrogens with zero attached hydrogens (tertiary/aromatic N) is 2. The molecule has 0 aromatic heterocycles. The molecule has 0 radical (unpaired) electrons. The van der Waals surface area contributed by atoms with Crippen molar-refractivity contribution >= 4 is 29.9 Å². The Labute approximate surface area is 170 Å². The van der Waals surface area contributed by atoms with Gasteiger partial charge in [-0.1, -0.05) is 25.1 Å². The molecule has 6 heteroatoms. The normalized spacial score (nSPS) is 12.5. The van der Waals surface area contributed by atoms with E-state index < -0.39 is 0 Å². The average molecular weight is 462 g/mol. The van der Waals surface area contributed by atoms with Crippen molar-refractivity contribution in [2.45, 2.75) is 39.7 Å². The predicted molar refractivity (Wildman–Crippen MR) is 118 cm³/mol. The topological polar surface area (TPSA) is 48.9 Å². The molecule has 0 amide bonds. The average Bonchev–Trinajstić information content (AvgIpc) is 2.61. The second-order valence-corrected chi connectivity index (χ2v) is 5.99. The number of ether oxygens (including phenoxy) is 1. The zero-order valence-electron chi connectivity index (χ0n) is 16.3. The molecule has 1 aromatic carbocycles. The van der Waals surface area contributed by atoms with Crippen molar-refractivity contribution < 1.29 is 4.74 Å². The molecular weight excluding hydrogens is 427 g/mol. The maximum atomic E-state index is 5.40. The first-order valence-electron chi connectivity index (χ1n) is 8.96. The van der Waals surface area contributed by atoms with Crippen LogP contribution in [0, 0.1) is 0 Å². The molecule has 1 aromatic rings. The van der Waals surface area contributed by atoms with Gasteiger partial charge in [-0.15, -0.1) is 24.0 Å². The lowest BCUT2D eigenvalue weighted by molar-refractivity contribution is 0.259. The van der Waals surface area contributed by atoms with Crippen LogP contribution in [0.15, 0.2) is 29.3 Å². The monoisotopic (exact) mass is 462 g/mol. The summed E-state index contributed by atoms with van der Waals surface area (Å²) in [7, 11) is 3.87. The molecule has 0 aliphatic heterocycles. The lowest BCUT2D eigenvalue weighted by Gasteiger charge is -2.22. The van der Waals surface area contributed by atoms with E-state index in [0.717, 1.165) is 50.7 Å². The molecule has 144 valence electrons. The van der Waals surface area contributed by atoms with Crippen molar-refractivity contribution in [3.05, 3.63) is 29.8 Å². The van der Waals surface area contributed by atoms with E-state index in [1.54, 1.807) is 7.11 Å². The fraction of sp³-hybridized carbons (Fsp3) is 0.632. The first kappa shape index (κ1) is 24.0. The summed E-state index contributed by atoms with van der Waals surface area (Å²) in [5.41, 5.74) is 1.21. The van der Waals surface area contributed by atoms with Crippen LogP contribution in [0.2, 0.25) is 0 Å². The second-order valence-electron chi connectivity index (χ2n) is 5.99. The Morgan fingerprint density at radius 1 is 1.24 bits per heavy atom.